The molecule has 0 radical (unpaired) electrons. The standard InChI is InChI=1S/C16H22N2S/c1-12(2)10-15(13-6-4-3-5-7-13)18-11-16-14(17)8-9-19-16/h3-9,12,15,18H,10-11,17H2,1-2H3. The largest absolute Gasteiger partial charge is 0.398 e. The van der Waals surface area contributed by atoms with Crippen LogP contribution in [0, 0.1) is 5.92 Å². The molecule has 102 valence electrons. The quantitative estimate of drug-likeness (QED) is 0.828. The van der Waals surface area contributed by atoms with E-state index in [9.17, 15) is 0 Å². The van der Waals surface area contributed by atoms with Gasteiger partial charge in [-0.3, -0.25) is 0 Å². The van der Waals surface area contributed by atoms with Crippen LogP contribution in [-0.2, 0) is 6.54 Å². The predicted molar refractivity (Wildman–Crippen MR) is 84.2 cm³/mol. The molecule has 0 spiro atoms. The molecule has 0 amide bonds. The summed E-state index contributed by atoms with van der Waals surface area (Å²) in [6.07, 6.45) is 1.13. The summed E-state index contributed by atoms with van der Waals surface area (Å²) in [6.45, 7) is 5.37. The SMILES string of the molecule is CC(C)CC(NCc1sccc1N)c1ccccc1. The minimum absolute atomic E-state index is 0.391. The molecule has 1 unspecified atom stereocenters. The molecule has 3 N–H and O–H groups in total. The fourth-order valence-electron chi connectivity index (χ4n) is 2.20. The molecule has 19 heavy (non-hydrogen) atoms. The first-order chi connectivity index (χ1) is 9.16. The van der Waals surface area contributed by atoms with Crippen molar-refractivity contribution in [1.29, 1.82) is 0 Å². The van der Waals surface area contributed by atoms with Gasteiger partial charge in [-0.25, -0.2) is 0 Å². The predicted octanol–water partition coefficient (Wildman–Crippen LogP) is 4.21. The van der Waals surface area contributed by atoms with E-state index in [0.717, 1.165) is 18.7 Å². The van der Waals surface area contributed by atoms with E-state index in [0.29, 0.717) is 12.0 Å². The molecule has 0 aliphatic carbocycles. The van der Waals surface area contributed by atoms with Gasteiger partial charge in [0.05, 0.1) is 0 Å². The van der Waals surface area contributed by atoms with E-state index >= 15 is 0 Å². The van der Waals surface area contributed by atoms with Gasteiger partial charge in [0.25, 0.3) is 0 Å². The molecule has 2 rings (SSSR count). The van der Waals surface area contributed by atoms with Gasteiger partial charge in [0.2, 0.25) is 0 Å². The normalized spacial score (nSPS) is 12.8. The van der Waals surface area contributed by atoms with Crippen molar-refractivity contribution in [3.05, 3.63) is 52.2 Å². The molecule has 1 aromatic carbocycles. The molecule has 0 aliphatic rings. The smallest absolute Gasteiger partial charge is 0.0468 e. The van der Waals surface area contributed by atoms with Crippen molar-refractivity contribution in [1.82, 2.24) is 5.32 Å². The van der Waals surface area contributed by atoms with Crippen molar-refractivity contribution in [2.45, 2.75) is 32.9 Å². The zero-order chi connectivity index (χ0) is 13.7. The Morgan fingerprint density at radius 1 is 1.16 bits per heavy atom. The summed E-state index contributed by atoms with van der Waals surface area (Å²) < 4.78 is 0. The Morgan fingerprint density at radius 3 is 2.47 bits per heavy atom. The van der Waals surface area contributed by atoms with Gasteiger partial charge in [0.1, 0.15) is 0 Å². The van der Waals surface area contributed by atoms with Gasteiger partial charge < -0.3 is 11.1 Å². The van der Waals surface area contributed by atoms with E-state index < -0.39 is 0 Å². The van der Waals surface area contributed by atoms with Gasteiger partial charge in [-0.15, -0.1) is 11.3 Å². The molecule has 0 aliphatic heterocycles. The highest BCUT2D eigenvalue weighted by atomic mass is 32.1. The lowest BCUT2D eigenvalue weighted by molar-refractivity contribution is 0.430. The third-order valence-corrected chi connectivity index (χ3v) is 4.13. The Labute approximate surface area is 119 Å². The first kappa shape index (κ1) is 14.1. The monoisotopic (exact) mass is 274 g/mol. The molecule has 0 bridgehead atoms. The van der Waals surface area contributed by atoms with Crippen molar-refractivity contribution < 1.29 is 0 Å². The number of nitrogens with two attached hydrogens (primary N) is 1. The number of hydrogen-bond donors (Lipinski definition) is 2. The number of anilines is 1. The van der Waals surface area contributed by atoms with Crippen molar-refractivity contribution in [3.63, 3.8) is 0 Å². The Hall–Kier alpha value is -1.32. The van der Waals surface area contributed by atoms with Gasteiger partial charge in [-0.1, -0.05) is 44.2 Å². The van der Waals surface area contributed by atoms with E-state index in [4.69, 9.17) is 5.73 Å². The fraction of sp³-hybridized carbons (Fsp3) is 0.375. The maximum absolute atomic E-state index is 5.94. The highest BCUT2D eigenvalue weighted by molar-refractivity contribution is 7.10. The van der Waals surface area contributed by atoms with Gasteiger partial charge in [-0.05, 0) is 29.3 Å². The van der Waals surface area contributed by atoms with Crippen LogP contribution in [0.2, 0.25) is 0 Å². The first-order valence-electron chi connectivity index (χ1n) is 6.77. The van der Waals surface area contributed by atoms with Gasteiger partial charge in [0, 0.05) is 23.2 Å². The van der Waals surface area contributed by atoms with Gasteiger partial charge in [0.15, 0.2) is 0 Å². The minimum atomic E-state index is 0.391. The highest BCUT2D eigenvalue weighted by Gasteiger charge is 2.13. The molecule has 1 aromatic heterocycles. The summed E-state index contributed by atoms with van der Waals surface area (Å²) in [7, 11) is 0. The van der Waals surface area contributed by atoms with Gasteiger partial charge in [-0.2, -0.15) is 0 Å². The average molecular weight is 274 g/mol. The van der Waals surface area contributed by atoms with Crippen LogP contribution in [0.25, 0.3) is 0 Å². The zero-order valence-corrected chi connectivity index (χ0v) is 12.4. The van der Waals surface area contributed by atoms with E-state index in [-0.39, 0.29) is 0 Å². The number of benzene rings is 1. The summed E-state index contributed by atoms with van der Waals surface area (Å²) in [5.74, 6) is 0.665. The number of thiophene rings is 1. The first-order valence-corrected chi connectivity index (χ1v) is 7.65. The van der Waals surface area contributed by atoms with E-state index in [1.807, 2.05) is 11.4 Å². The van der Waals surface area contributed by atoms with E-state index in [1.165, 1.54) is 10.4 Å². The number of nitrogen functional groups attached to an aromatic ring is 1. The maximum Gasteiger partial charge on any atom is 0.0468 e. The van der Waals surface area contributed by atoms with Crippen LogP contribution in [-0.4, -0.2) is 0 Å². The fourth-order valence-corrected chi connectivity index (χ4v) is 2.95. The second-order valence-corrected chi connectivity index (χ2v) is 6.27. The topological polar surface area (TPSA) is 38.0 Å². The Bertz CT molecular complexity index is 490. The molecule has 1 atom stereocenters. The number of hydrogen-bond acceptors (Lipinski definition) is 3. The molecule has 0 saturated carbocycles. The molecule has 2 aromatic rings. The van der Waals surface area contributed by atoms with Crippen LogP contribution in [0.3, 0.4) is 0 Å². The second-order valence-electron chi connectivity index (χ2n) is 5.27. The summed E-state index contributed by atoms with van der Waals surface area (Å²) >= 11 is 1.72. The van der Waals surface area contributed by atoms with Crippen LogP contribution in [0.15, 0.2) is 41.8 Å². The highest BCUT2D eigenvalue weighted by Crippen LogP contribution is 2.24. The lowest BCUT2D eigenvalue weighted by Gasteiger charge is -2.21. The van der Waals surface area contributed by atoms with E-state index in [1.54, 1.807) is 11.3 Å². The molecule has 3 heteroatoms. The number of rotatable bonds is 6. The Balaban J connectivity index is 2.04. The van der Waals surface area contributed by atoms with Crippen LogP contribution in [0.4, 0.5) is 5.69 Å². The van der Waals surface area contributed by atoms with Crippen LogP contribution >= 0.6 is 11.3 Å². The molecule has 1 heterocycles. The zero-order valence-electron chi connectivity index (χ0n) is 11.6. The summed E-state index contributed by atoms with van der Waals surface area (Å²) in [6, 6.07) is 13.0. The Kier molecular flexibility index (Phi) is 5.00. The van der Waals surface area contributed by atoms with Crippen LogP contribution < -0.4 is 11.1 Å². The van der Waals surface area contributed by atoms with Crippen LogP contribution in [0.1, 0.15) is 36.8 Å². The van der Waals surface area contributed by atoms with Crippen molar-refractivity contribution >= 4 is 17.0 Å². The third-order valence-electron chi connectivity index (χ3n) is 3.20. The second kappa shape index (κ2) is 6.73. The summed E-state index contributed by atoms with van der Waals surface area (Å²) in [4.78, 5) is 1.23. The molecule has 2 nitrogen and oxygen atoms in total. The Morgan fingerprint density at radius 2 is 1.89 bits per heavy atom. The van der Waals surface area contributed by atoms with Crippen molar-refractivity contribution in [2.24, 2.45) is 5.92 Å². The number of nitrogens with one attached hydrogen (secondary N) is 1. The molecule has 0 fully saturated rings. The maximum atomic E-state index is 5.94. The third kappa shape index (κ3) is 4.08. The lowest BCUT2D eigenvalue weighted by atomic mass is 9.97. The summed E-state index contributed by atoms with van der Waals surface area (Å²) in [5, 5.41) is 5.69. The average Bonchev–Trinajstić information content (AvgIpc) is 2.81. The molecular formula is C16H22N2S. The van der Waals surface area contributed by atoms with Crippen molar-refractivity contribution in [3.8, 4) is 0 Å². The molecular weight excluding hydrogens is 252 g/mol. The van der Waals surface area contributed by atoms with Gasteiger partial charge >= 0.3 is 0 Å². The lowest BCUT2D eigenvalue weighted by Crippen LogP contribution is -2.22. The molecule has 0 saturated heterocycles. The minimum Gasteiger partial charge on any atom is -0.398 e. The summed E-state index contributed by atoms with van der Waals surface area (Å²) in [5.41, 5.74) is 8.19. The van der Waals surface area contributed by atoms with Crippen LogP contribution in [0.5, 0.6) is 0 Å². The van der Waals surface area contributed by atoms with E-state index in [2.05, 4.69) is 49.5 Å². The van der Waals surface area contributed by atoms with Crippen molar-refractivity contribution in [2.75, 3.05) is 5.73 Å².